The first kappa shape index (κ1) is 17.9. The molecule has 166 valence electrons. The lowest BCUT2D eigenvalue weighted by molar-refractivity contribution is 0.0957. The van der Waals surface area contributed by atoms with Crippen molar-refractivity contribution in [2.24, 2.45) is 0 Å². The molecule has 8 heteroatoms. The van der Waals surface area contributed by atoms with Crippen LogP contribution in [-0.2, 0) is 6.42 Å². The zero-order chi connectivity index (χ0) is 24.5. The molecule has 2 aliphatic rings. The summed E-state index contributed by atoms with van der Waals surface area (Å²) in [7, 11) is 0. The van der Waals surface area contributed by atoms with E-state index in [2.05, 4.69) is 14.9 Å². The highest BCUT2D eigenvalue weighted by Crippen LogP contribution is 2.31. The molecule has 0 aromatic carbocycles. The lowest BCUT2D eigenvalue weighted by atomic mass is 10.0. The van der Waals surface area contributed by atoms with Crippen molar-refractivity contribution >= 4 is 11.6 Å². The maximum Gasteiger partial charge on any atom is 0.269 e. The molecule has 2 aromatic heterocycles. The molecule has 1 amide bonds. The third kappa shape index (κ3) is 4.49. The summed E-state index contributed by atoms with van der Waals surface area (Å²) in [5.74, 6) is -1.40. The highest BCUT2D eigenvalue weighted by atomic mass is 19.1. The van der Waals surface area contributed by atoms with Gasteiger partial charge in [0.05, 0.1) is 5.69 Å². The molecule has 2 aliphatic heterocycles. The molecule has 2 fully saturated rings. The van der Waals surface area contributed by atoms with E-state index >= 15 is 0 Å². The summed E-state index contributed by atoms with van der Waals surface area (Å²) in [6.45, 7) is 2.51. The van der Waals surface area contributed by atoms with Crippen LogP contribution in [0.5, 0.6) is 0 Å². The van der Waals surface area contributed by atoms with Gasteiger partial charge in [0.2, 0.25) is 5.95 Å². The summed E-state index contributed by atoms with van der Waals surface area (Å²) in [5, 5.41) is 1.82. The van der Waals surface area contributed by atoms with Crippen molar-refractivity contribution in [3.05, 3.63) is 57.5 Å². The Morgan fingerprint density at radius 1 is 1.26 bits per heavy atom. The molecule has 4 heterocycles. The topological polar surface area (TPSA) is 81.3 Å². The van der Waals surface area contributed by atoms with Crippen LogP contribution in [0.4, 0.5) is 10.1 Å². The normalized spacial score (nSPS) is 22.1. The molecule has 0 saturated carbocycles. The van der Waals surface area contributed by atoms with Gasteiger partial charge in [-0.15, -0.1) is 0 Å². The smallest absolute Gasteiger partial charge is 0.269 e. The Morgan fingerprint density at radius 3 is 2.74 bits per heavy atom. The van der Waals surface area contributed by atoms with E-state index in [1.807, 2.05) is 29.3 Å². The predicted octanol–water partition coefficient (Wildman–Crippen LogP) is 2.29. The third-order valence-corrected chi connectivity index (χ3v) is 6.55. The van der Waals surface area contributed by atoms with Crippen molar-refractivity contribution in [1.29, 1.82) is 0 Å². The molecule has 2 saturated heterocycles. The quantitative estimate of drug-likeness (QED) is 0.712. The number of H-pyrrole nitrogens is 1. The van der Waals surface area contributed by atoms with Crippen molar-refractivity contribution in [3.8, 4) is 0 Å². The number of hydrogen-bond donors (Lipinski definition) is 2. The minimum Gasteiger partial charge on any atom is -0.368 e. The highest BCUT2D eigenvalue weighted by Gasteiger charge is 2.32. The van der Waals surface area contributed by atoms with Crippen LogP contribution in [0.25, 0.3) is 0 Å². The number of carbonyl (C=O) groups excluding carboxylic acids is 1. The molecule has 7 nitrogen and oxygen atoms in total. The summed E-state index contributed by atoms with van der Waals surface area (Å²) in [6.07, 6.45) is 3.47. The molecule has 0 radical (unpaired) electrons. The highest BCUT2D eigenvalue weighted by molar-refractivity contribution is 5.92. The minimum atomic E-state index is -2.65. The van der Waals surface area contributed by atoms with Gasteiger partial charge in [-0.2, -0.15) is 4.39 Å². The van der Waals surface area contributed by atoms with Crippen LogP contribution in [0.1, 0.15) is 58.0 Å². The number of anilines is 1. The average molecular weight is 431 g/mol. The predicted molar refractivity (Wildman–Crippen MR) is 118 cm³/mol. The number of hydrogen-bond acceptors (Lipinski definition) is 5. The fourth-order valence-electron chi connectivity index (χ4n) is 4.73. The van der Waals surface area contributed by atoms with Crippen molar-refractivity contribution in [1.82, 2.24) is 20.2 Å². The van der Waals surface area contributed by atoms with Gasteiger partial charge < -0.3 is 15.2 Å². The minimum absolute atomic E-state index is 0.00398. The fraction of sp³-hybridized carbons (Fsp3) is 0.522. The fourth-order valence-corrected chi connectivity index (χ4v) is 4.73. The number of carbonyl (C=O) groups is 1. The third-order valence-electron chi connectivity index (χ3n) is 6.55. The van der Waals surface area contributed by atoms with Crippen LogP contribution in [0, 0.1) is 5.95 Å². The van der Waals surface area contributed by atoms with E-state index in [0.717, 1.165) is 50.0 Å². The number of amides is 1. The lowest BCUT2D eigenvalue weighted by Gasteiger charge is -2.37. The second-order valence-electron chi connectivity index (χ2n) is 8.28. The number of likely N-dealkylation sites (tertiary alicyclic amines) is 1. The number of aromatic amines is 1. The molecular weight excluding hydrogens is 397 g/mol. The summed E-state index contributed by atoms with van der Waals surface area (Å²) >= 11 is 0. The van der Waals surface area contributed by atoms with Crippen LogP contribution in [0.15, 0.2) is 29.1 Å². The Labute approximate surface area is 185 Å². The maximum absolute atomic E-state index is 14.6. The van der Waals surface area contributed by atoms with Gasteiger partial charge in [0.1, 0.15) is 5.69 Å². The number of nitrogens with one attached hydrogen (secondary N) is 2. The molecule has 2 N–H and O–H groups in total. The van der Waals surface area contributed by atoms with E-state index in [0.29, 0.717) is 30.7 Å². The molecular formula is C23H30FN5O2. The largest absolute Gasteiger partial charge is 0.368 e. The van der Waals surface area contributed by atoms with E-state index in [9.17, 15) is 14.0 Å². The standard InChI is InChI=1S/C23H30FN5O2/c1-3-15-4-5-18(27-22(15)30)16-8-11-29(14-16)17-9-12-28(13-10-17)20-7-6-19(23(31)25-2)26-21(20)24/h4-7,16-17H,3,8-14H2,1-2H3,(H,25,31)(H,27,30)/i2D3. The van der Waals surface area contributed by atoms with Gasteiger partial charge in [-0.05, 0) is 50.4 Å². The molecule has 1 atom stereocenters. The van der Waals surface area contributed by atoms with E-state index in [1.54, 1.807) is 0 Å². The van der Waals surface area contributed by atoms with Crippen LogP contribution in [0.2, 0.25) is 0 Å². The number of halogens is 1. The zero-order valence-corrected chi connectivity index (χ0v) is 17.7. The SMILES string of the molecule is [2H]C([2H])([2H])NC(=O)c1ccc(N2CCC(N3CCC(c4ccc(CC)c(=O)[nH]4)C3)CC2)c(F)n1. The summed E-state index contributed by atoms with van der Waals surface area (Å²) in [5.41, 5.74) is 1.86. The second-order valence-corrected chi connectivity index (χ2v) is 8.28. The van der Waals surface area contributed by atoms with Crippen LogP contribution < -0.4 is 15.8 Å². The van der Waals surface area contributed by atoms with Gasteiger partial charge in [0.25, 0.3) is 11.5 Å². The van der Waals surface area contributed by atoms with Crippen molar-refractivity contribution < 1.29 is 13.3 Å². The Balaban J connectivity index is 1.33. The van der Waals surface area contributed by atoms with Gasteiger partial charge in [-0.3, -0.25) is 14.5 Å². The van der Waals surface area contributed by atoms with Gasteiger partial charge in [-0.25, -0.2) is 4.98 Å². The molecule has 1 unspecified atom stereocenters. The Bertz CT molecular complexity index is 1100. The van der Waals surface area contributed by atoms with E-state index in [4.69, 9.17) is 4.11 Å². The van der Waals surface area contributed by atoms with Gasteiger partial charge in [-0.1, -0.05) is 13.0 Å². The van der Waals surface area contributed by atoms with E-state index < -0.39 is 18.8 Å². The number of nitrogens with zero attached hydrogens (tertiary/aromatic N) is 3. The van der Waals surface area contributed by atoms with Crippen LogP contribution >= 0.6 is 0 Å². The first-order valence-electron chi connectivity index (χ1n) is 12.3. The number of rotatable bonds is 5. The van der Waals surface area contributed by atoms with E-state index in [-0.39, 0.29) is 11.3 Å². The molecule has 4 rings (SSSR count). The zero-order valence-electron chi connectivity index (χ0n) is 20.7. The maximum atomic E-state index is 14.6. The molecule has 31 heavy (non-hydrogen) atoms. The number of piperidine rings is 1. The van der Waals surface area contributed by atoms with Crippen LogP contribution in [-0.4, -0.2) is 60.0 Å². The summed E-state index contributed by atoms with van der Waals surface area (Å²) < 4.78 is 35.9. The monoisotopic (exact) mass is 430 g/mol. The second kappa shape index (κ2) is 9.18. The lowest BCUT2D eigenvalue weighted by Crippen LogP contribution is -2.44. The average Bonchev–Trinajstić information content (AvgIpc) is 3.28. The summed E-state index contributed by atoms with van der Waals surface area (Å²) in [6, 6.07) is 7.19. The Morgan fingerprint density at radius 2 is 2.06 bits per heavy atom. The molecule has 0 spiro atoms. The number of aromatic nitrogens is 2. The van der Waals surface area contributed by atoms with Crippen molar-refractivity contribution in [2.75, 3.05) is 38.1 Å². The Kier molecular flexibility index (Phi) is 5.30. The van der Waals surface area contributed by atoms with Crippen molar-refractivity contribution in [2.45, 2.75) is 44.6 Å². The number of aryl methyl sites for hydroxylation is 1. The first-order valence-corrected chi connectivity index (χ1v) is 10.8. The van der Waals surface area contributed by atoms with Crippen LogP contribution in [0.3, 0.4) is 0 Å². The van der Waals surface area contributed by atoms with Gasteiger partial charge >= 0.3 is 0 Å². The van der Waals surface area contributed by atoms with Crippen molar-refractivity contribution in [3.63, 3.8) is 0 Å². The Hall–Kier alpha value is -2.74. The first-order chi connectivity index (χ1) is 16.1. The van der Waals surface area contributed by atoms with Gasteiger partial charge in [0.15, 0.2) is 0 Å². The summed E-state index contributed by atoms with van der Waals surface area (Å²) in [4.78, 5) is 35.2. The van der Waals surface area contributed by atoms with E-state index in [1.165, 1.54) is 12.1 Å². The molecule has 2 aromatic rings. The van der Waals surface area contributed by atoms with Gasteiger partial charge in [0, 0.05) is 53.9 Å². The molecule has 0 bridgehead atoms. The molecule has 0 aliphatic carbocycles. The number of pyridine rings is 2.